The summed E-state index contributed by atoms with van der Waals surface area (Å²) in [5.41, 5.74) is 0. The molecule has 6 heteroatoms. The lowest BCUT2D eigenvalue weighted by Crippen LogP contribution is -2.30. The van der Waals surface area contributed by atoms with Gasteiger partial charge >= 0.3 is 17.9 Å². The zero-order valence-electron chi connectivity index (χ0n) is 56.8. The van der Waals surface area contributed by atoms with Gasteiger partial charge in [0, 0.05) is 19.3 Å². The Balaban J connectivity index is 4.10. The molecule has 0 aliphatic rings. The molecule has 0 aliphatic carbocycles. The van der Waals surface area contributed by atoms with Gasteiger partial charge in [-0.25, -0.2) is 0 Å². The molecule has 0 fully saturated rings. The van der Waals surface area contributed by atoms with E-state index in [1.807, 2.05) is 0 Å². The molecule has 1 atom stereocenters. The molecule has 0 spiro atoms. The van der Waals surface area contributed by atoms with Gasteiger partial charge in [-0.05, 0) is 44.9 Å². The third-order valence-corrected chi connectivity index (χ3v) is 17.8. The molecule has 0 aromatic rings. The first-order chi connectivity index (χ1) is 41.0. The fourth-order valence-electron chi connectivity index (χ4n) is 12.0. The molecule has 0 aliphatic heterocycles. The van der Waals surface area contributed by atoms with Crippen molar-refractivity contribution in [3.8, 4) is 0 Å². The first-order valence-electron chi connectivity index (χ1n) is 38.2. The number of carbonyl (C=O) groups excluding carboxylic acids is 3. The first-order valence-corrected chi connectivity index (χ1v) is 38.2. The fraction of sp³-hybridized carbons (Fsp3) is 0.935. The van der Waals surface area contributed by atoms with Crippen LogP contribution in [0, 0.1) is 0 Å². The van der Waals surface area contributed by atoms with Gasteiger partial charge in [-0.3, -0.25) is 14.4 Å². The van der Waals surface area contributed by atoms with Gasteiger partial charge in [0.2, 0.25) is 0 Å². The second-order valence-electron chi connectivity index (χ2n) is 26.3. The van der Waals surface area contributed by atoms with E-state index in [2.05, 4.69) is 32.9 Å². The summed E-state index contributed by atoms with van der Waals surface area (Å²) < 4.78 is 17.0. The normalized spacial score (nSPS) is 12.0. The third-order valence-electron chi connectivity index (χ3n) is 17.8. The van der Waals surface area contributed by atoms with Crippen LogP contribution in [0.15, 0.2) is 12.2 Å². The van der Waals surface area contributed by atoms with Gasteiger partial charge in [0.1, 0.15) is 13.2 Å². The highest BCUT2D eigenvalue weighted by Gasteiger charge is 2.20. The smallest absolute Gasteiger partial charge is 0.306 e. The number of ether oxygens (including phenoxy) is 3. The summed E-state index contributed by atoms with van der Waals surface area (Å²) in [6, 6.07) is 0. The maximum absolute atomic E-state index is 12.9. The molecule has 0 rings (SSSR count). The number of hydrogen-bond acceptors (Lipinski definition) is 6. The Morgan fingerprint density at radius 3 is 0.602 bits per heavy atom. The highest BCUT2D eigenvalue weighted by Crippen LogP contribution is 2.20. The summed E-state index contributed by atoms with van der Waals surface area (Å²) in [5.74, 6) is -0.820. The van der Waals surface area contributed by atoms with E-state index in [1.54, 1.807) is 0 Å². The number of hydrogen-bond donors (Lipinski definition) is 0. The minimum Gasteiger partial charge on any atom is -0.462 e. The standard InChI is InChI=1S/C77H148O6/c1-4-7-10-13-16-19-22-25-28-31-32-33-34-35-36-37-38-39-40-41-42-43-44-45-46-47-50-52-55-58-61-64-67-70-76(79)82-73-74(83-77(80)71-68-65-62-59-56-53-49-30-27-24-21-18-15-12-9-6-3)72-81-75(78)69-66-63-60-57-54-51-48-29-26-23-20-17-14-11-8-5-2/h31-32,74H,4-30,33-73H2,1-3H3/b32-31-. The van der Waals surface area contributed by atoms with Gasteiger partial charge in [0.05, 0.1) is 0 Å². The van der Waals surface area contributed by atoms with E-state index in [1.165, 1.54) is 347 Å². The molecule has 0 aromatic carbocycles. The van der Waals surface area contributed by atoms with Crippen LogP contribution in [0.5, 0.6) is 0 Å². The Labute approximate surface area is 520 Å². The third kappa shape index (κ3) is 70.8. The van der Waals surface area contributed by atoms with Crippen LogP contribution in [0.25, 0.3) is 0 Å². The quantitative estimate of drug-likeness (QED) is 0.0261. The molecule has 1 unspecified atom stereocenters. The van der Waals surface area contributed by atoms with Crippen LogP contribution in [-0.4, -0.2) is 37.2 Å². The van der Waals surface area contributed by atoms with Crippen molar-refractivity contribution in [3.05, 3.63) is 12.2 Å². The maximum atomic E-state index is 12.9. The molecular formula is C77H148O6. The summed E-state index contributed by atoms with van der Waals surface area (Å²) in [4.78, 5) is 38.5. The summed E-state index contributed by atoms with van der Waals surface area (Å²) >= 11 is 0. The number of carbonyl (C=O) groups is 3. The molecule has 83 heavy (non-hydrogen) atoms. The predicted octanol–water partition coefficient (Wildman–Crippen LogP) is 26.3. The van der Waals surface area contributed by atoms with E-state index < -0.39 is 6.10 Å². The fourth-order valence-corrected chi connectivity index (χ4v) is 12.0. The van der Waals surface area contributed by atoms with Crippen molar-refractivity contribution in [3.63, 3.8) is 0 Å². The number of allylic oxidation sites excluding steroid dienone is 2. The van der Waals surface area contributed by atoms with Crippen molar-refractivity contribution < 1.29 is 28.6 Å². The van der Waals surface area contributed by atoms with Crippen LogP contribution in [0.2, 0.25) is 0 Å². The van der Waals surface area contributed by atoms with E-state index >= 15 is 0 Å². The lowest BCUT2D eigenvalue weighted by Gasteiger charge is -2.18. The molecule has 0 N–H and O–H groups in total. The van der Waals surface area contributed by atoms with Crippen LogP contribution >= 0.6 is 0 Å². The van der Waals surface area contributed by atoms with Crippen LogP contribution in [0.1, 0.15) is 445 Å². The van der Waals surface area contributed by atoms with Crippen molar-refractivity contribution in [1.82, 2.24) is 0 Å². The van der Waals surface area contributed by atoms with Gasteiger partial charge in [-0.1, -0.05) is 392 Å². The van der Waals surface area contributed by atoms with Gasteiger partial charge in [-0.2, -0.15) is 0 Å². The Bertz CT molecular complexity index is 1300. The zero-order chi connectivity index (χ0) is 59.9. The second kappa shape index (κ2) is 72.6. The maximum Gasteiger partial charge on any atom is 0.306 e. The molecule has 0 saturated carbocycles. The van der Waals surface area contributed by atoms with E-state index in [0.29, 0.717) is 19.3 Å². The molecule has 0 radical (unpaired) electrons. The number of rotatable bonds is 72. The largest absolute Gasteiger partial charge is 0.462 e. The van der Waals surface area contributed by atoms with Gasteiger partial charge in [-0.15, -0.1) is 0 Å². The van der Waals surface area contributed by atoms with Gasteiger partial charge < -0.3 is 14.2 Å². The zero-order valence-corrected chi connectivity index (χ0v) is 56.8. The number of esters is 3. The van der Waals surface area contributed by atoms with Crippen LogP contribution in [-0.2, 0) is 28.6 Å². The summed E-state index contributed by atoms with van der Waals surface area (Å²) in [6.45, 7) is 6.74. The molecule has 0 bridgehead atoms. The average molecular weight is 1170 g/mol. The molecule has 0 amide bonds. The van der Waals surface area contributed by atoms with E-state index in [4.69, 9.17) is 14.2 Å². The van der Waals surface area contributed by atoms with Gasteiger partial charge in [0.25, 0.3) is 0 Å². The minimum atomic E-state index is -0.765. The Morgan fingerprint density at radius 2 is 0.398 bits per heavy atom. The first kappa shape index (κ1) is 81.2. The van der Waals surface area contributed by atoms with E-state index in [-0.39, 0.29) is 31.1 Å². The molecular weight excluding hydrogens is 1020 g/mol. The summed E-state index contributed by atoms with van der Waals surface area (Å²) in [6.07, 6.45) is 88.4. The Kier molecular flexibility index (Phi) is 71.0. The van der Waals surface area contributed by atoms with Crippen molar-refractivity contribution >= 4 is 17.9 Å². The van der Waals surface area contributed by atoms with Crippen molar-refractivity contribution in [1.29, 1.82) is 0 Å². The minimum absolute atomic E-state index is 0.0613. The second-order valence-corrected chi connectivity index (χ2v) is 26.3. The van der Waals surface area contributed by atoms with E-state index in [0.717, 1.165) is 57.8 Å². The lowest BCUT2D eigenvalue weighted by atomic mass is 10.0. The topological polar surface area (TPSA) is 78.9 Å². The monoisotopic (exact) mass is 1170 g/mol. The summed E-state index contributed by atoms with van der Waals surface area (Å²) in [7, 11) is 0. The SMILES string of the molecule is CCCCCCCCCC/C=C\CCCCCCCCCCCCCCCCCCCCCCCC(=O)OCC(COC(=O)CCCCCCCCCCCCCCCCCC)OC(=O)CCCCCCCCCCCCCCCCCC. The molecule has 6 nitrogen and oxygen atoms in total. The van der Waals surface area contributed by atoms with Crippen molar-refractivity contribution in [2.75, 3.05) is 13.2 Å². The Morgan fingerprint density at radius 1 is 0.229 bits per heavy atom. The van der Waals surface area contributed by atoms with Crippen LogP contribution in [0.3, 0.4) is 0 Å². The number of unbranched alkanes of at least 4 members (excludes halogenated alkanes) is 59. The predicted molar refractivity (Wildman–Crippen MR) is 363 cm³/mol. The van der Waals surface area contributed by atoms with Crippen molar-refractivity contribution in [2.24, 2.45) is 0 Å². The Hall–Kier alpha value is -1.85. The van der Waals surface area contributed by atoms with Gasteiger partial charge in [0.15, 0.2) is 6.10 Å². The molecule has 492 valence electrons. The van der Waals surface area contributed by atoms with E-state index in [9.17, 15) is 14.4 Å². The molecule has 0 aromatic heterocycles. The molecule has 0 saturated heterocycles. The van der Waals surface area contributed by atoms with Crippen LogP contribution in [0.4, 0.5) is 0 Å². The summed E-state index contributed by atoms with van der Waals surface area (Å²) in [5, 5.41) is 0. The lowest BCUT2D eigenvalue weighted by molar-refractivity contribution is -0.167. The molecule has 0 heterocycles. The average Bonchev–Trinajstić information content (AvgIpc) is 3.49. The van der Waals surface area contributed by atoms with Crippen molar-refractivity contribution in [2.45, 2.75) is 451 Å². The highest BCUT2D eigenvalue weighted by atomic mass is 16.6. The van der Waals surface area contributed by atoms with Crippen LogP contribution < -0.4 is 0 Å². The highest BCUT2D eigenvalue weighted by molar-refractivity contribution is 5.71.